The lowest BCUT2D eigenvalue weighted by Gasteiger charge is -2.14. The number of nitrogens with zero attached hydrogens (tertiary/aromatic N) is 2. The SMILES string of the molecule is CCCn1c(C)cc(C(=O)CN2C(=O)[C@H]3CC=CC[C@H]3C2=O)c1C. The fraction of sp³-hybridized carbons (Fsp3) is 0.526. The summed E-state index contributed by atoms with van der Waals surface area (Å²) in [6.45, 7) is 6.72. The number of amides is 2. The average molecular weight is 328 g/mol. The van der Waals surface area contributed by atoms with Gasteiger partial charge in [0.05, 0.1) is 18.4 Å². The highest BCUT2D eigenvalue weighted by atomic mass is 16.2. The van der Waals surface area contributed by atoms with Crippen LogP contribution in [0.1, 0.15) is 47.9 Å². The van der Waals surface area contributed by atoms with Crippen LogP contribution in [0.2, 0.25) is 0 Å². The monoisotopic (exact) mass is 328 g/mol. The van der Waals surface area contributed by atoms with Gasteiger partial charge in [0.25, 0.3) is 0 Å². The molecular weight excluding hydrogens is 304 g/mol. The van der Waals surface area contributed by atoms with Crippen LogP contribution in [0.3, 0.4) is 0 Å². The molecule has 1 saturated heterocycles. The Morgan fingerprint density at radius 2 is 1.71 bits per heavy atom. The van der Waals surface area contributed by atoms with Crippen molar-refractivity contribution in [2.24, 2.45) is 11.8 Å². The summed E-state index contributed by atoms with van der Waals surface area (Å²) in [5, 5.41) is 0. The van der Waals surface area contributed by atoms with Crippen LogP contribution in [0.25, 0.3) is 0 Å². The molecule has 2 atom stereocenters. The first-order valence-corrected chi connectivity index (χ1v) is 8.65. The normalized spacial score (nSPS) is 23.0. The first-order valence-electron chi connectivity index (χ1n) is 8.65. The summed E-state index contributed by atoms with van der Waals surface area (Å²) in [6, 6.07) is 1.87. The maximum absolute atomic E-state index is 12.7. The number of carbonyl (C=O) groups is 3. The second-order valence-electron chi connectivity index (χ2n) is 6.78. The van der Waals surface area contributed by atoms with E-state index >= 15 is 0 Å². The Balaban J connectivity index is 1.79. The van der Waals surface area contributed by atoms with Gasteiger partial charge in [0.1, 0.15) is 0 Å². The minimum absolute atomic E-state index is 0.138. The Hall–Kier alpha value is -2.17. The molecule has 0 unspecified atom stereocenters. The number of aromatic nitrogens is 1. The number of imide groups is 1. The maximum Gasteiger partial charge on any atom is 0.233 e. The zero-order valence-electron chi connectivity index (χ0n) is 14.5. The predicted molar refractivity (Wildman–Crippen MR) is 90.6 cm³/mol. The van der Waals surface area contributed by atoms with E-state index < -0.39 is 0 Å². The van der Waals surface area contributed by atoms with E-state index in [2.05, 4.69) is 11.5 Å². The molecule has 1 aromatic heterocycles. The molecule has 5 heteroatoms. The molecule has 0 spiro atoms. The maximum atomic E-state index is 12.7. The van der Waals surface area contributed by atoms with Crippen molar-refractivity contribution in [2.75, 3.05) is 6.54 Å². The summed E-state index contributed by atoms with van der Waals surface area (Å²) >= 11 is 0. The molecule has 0 N–H and O–H groups in total. The number of hydrogen-bond donors (Lipinski definition) is 0. The number of ketones is 1. The molecule has 24 heavy (non-hydrogen) atoms. The topological polar surface area (TPSA) is 59.4 Å². The fourth-order valence-electron chi connectivity index (χ4n) is 3.90. The van der Waals surface area contributed by atoms with Gasteiger partial charge in [-0.3, -0.25) is 19.3 Å². The molecule has 2 amide bonds. The van der Waals surface area contributed by atoms with E-state index in [9.17, 15) is 14.4 Å². The third-order valence-electron chi connectivity index (χ3n) is 5.22. The zero-order valence-corrected chi connectivity index (χ0v) is 14.5. The van der Waals surface area contributed by atoms with Gasteiger partial charge in [-0.15, -0.1) is 0 Å². The highest BCUT2D eigenvalue weighted by molar-refractivity contribution is 6.10. The number of rotatable bonds is 5. The van der Waals surface area contributed by atoms with Crippen LogP contribution in [0.4, 0.5) is 0 Å². The van der Waals surface area contributed by atoms with E-state index in [1.54, 1.807) is 0 Å². The van der Waals surface area contributed by atoms with Crippen molar-refractivity contribution in [3.63, 3.8) is 0 Å². The number of likely N-dealkylation sites (tertiary alicyclic amines) is 1. The van der Waals surface area contributed by atoms with Crippen molar-refractivity contribution in [3.05, 3.63) is 35.2 Å². The summed E-state index contributed by atoms with van der Waals surface area (Å²) in [5.74, 6) is -1.08. The van der Waals surface area contributed by atoms with Gasteiger partial charge in [0, 0.05) is 23.5 Å². The second-order valence-corrected chi connectivity index (χ2v) is 6.78. The first-order chi connectivity index (χ1) is 11.5. The number of Topliss-reactive ketones (excluding diaryl/α,β-unsaturated/α-hetero) is 1. The van der Waals surface area contributed by atoms with E-state index in [0.717, 1.165) is 24.4 Å². The smallest absolute Gasteiger partial charge is 0.233 e. The van der Waals surface area contributed by atoms with Crippen molar-refractivity contribution in [2.45, 2.75) is 46.6 Å². The van der Waals surface area contributed by atoms with Gasteiger partial charge >= 0.3 is 0 Å². The molecule has 0 saturated carbocycles. The summed E-state index contributed by atoms with van der Waals surface area (Å²) in [7, 11) is 0. The van der Waals surface area contributed by atoms with Crippen LogP contribution in [-0.4, -0.2) is 33.6 Å². The first kappa shape index (κ1) is 16.7. The second kappa shape index (κ2) is 6.38. The van der Waals surface area contributed by atoms with E-state index in [4.69, 9.17) is 0 Å². The van der Waals surface area contributed by atoms with Crippen molar-refractivity contribution in [3.8, 4) is 0 Å². The lowest BCUT2D eigenvalue weighted by Crippen LogP contribution is -2.36. The Kier molecular flexibility index (Phi) is 4.43. The summed E-state index contributed by atoms with van der Waals surface area (Å²) in [5.41, 5.74) is 2.57. The fourth-order valence-corrected chi connectivity index (χ4v) is 3.90. The molecule has 128 valence electrons. The molecule has 3 rings (SSSR count). The molecule has 1 aliphatic heterocycles. The largest absolute Gasteiger partial charge is 0.348 e. The van der Waals surface area contributed by atoms with E-state index in [0.29, 0.717) is 18.4 Å². The number of hydrogen-bond acceptors (Lipinski definition) is 3. The molecule has 0 aromatic carbocycles. The number of aryl methyl sites for hydroxylation is 1. The lowest BCUT2D eigenvalue weighted by atomic mass is 9.85. The van der Waals surface area contributed by atoms with Crippen LogP contribution in [-0.2, 0) is 16.1 Å². The third kappa shape index (κ3) is 2.62. The summed E-state index contributed by atoms with van der Waals surface area (Å²) in [4.78, 5) is 38.9. The Labute approximate surface area is 142 Å². The van der Waals surface area contributed by atoms with Gasteiger partial charge in [0.15, 0.2) is 5.78 Å². The highest BCUT2D eigenvalue weighted by Crippen LogP contribution is 2.35. The predicted octanol–water partition coefficient (Wildman–Crippen LogP) is 2.65. The average Bonchev–Trinajstić information content (AvgIpc) is 2.99. The minimum Gasteiger partial charge on any atom is -0.348 e. The van der Waals surface area contributed by atoms with Gasteiger partial charge in [-0.2, -0.15) is 0 Å². The van der Waals surface area contributed by atoms with E-state index in [1.807, 2.05) is 32.1 Å². The summed E-state index contributed by atoms with van der Waals surface area (Å²) < 4.78 is 2.12. The van der Waals surface area contributed by atoms with E-state index in [1.165, 1.54) is 4.90 Å². The molecule has 1 aromatic rings. The molecule has 1 fully saturated rings. The van der Waals surface area contributed by atoms with Crippen LogP contribution >= 0.6 is 0 Å². The molecule has 0 radical (unpaired) electrons. The Morgan fingerprint density at radius 1 is 1.12 bits per heavy atom. The molecular formula is C19H24N2O3. The van der Waals surface area contributed by atoms with Gasteiger partial charge in [-0.05, 0) is 39.2 Å². The van der Waals surface area contributed by atoms with Crippen LogP contribution < -0.4 is 0 Å². The Morgan fingerprint density at radius 3 is 2.25 bits per heavy atom. The lowest BCUT2D eigenvalue weighted by molar-refractivity contribution is -0.139. The third-order valence-corrected chi connectivity index (χ3v) is 5.22. The van der Waals surface area contributed by atoms with Crippen molar-refractivity contribution in [1.82, 2.24) is 9.47 Å². The van der Waals surface area contributed by atoms with Gasteiger partial charge in [0.2, 0.25) is 11.8 Å². The minimum atomic E-state index is -0.275. The van der Waals surface area contributed by atoms with Crippen LogP contribution in [0.15, 0.2) is 18.2 Å². The molecule has 2 heterocycles. The summed E-state index contributed by atoms with van der Waals surface area (Å²) in [6.07, 6.45) is 6.10. The van der Waals surface area contributed by atoms with Gasteiger partial charge < -0.3 is 4.57 Å². The van der Waals surface area contributed by atoms with E-state index in [-0.39, 0.29) is 36.0 Å². The molecule has 0 bridgehead atoms. The van der Waals surface area contributed by atoms with Crippen molar-refractivity contribution < 1.29 is 14.4 Å². The number of allylic oxidation sites excluding steroid dienone is 2. The standard InChI is InChI=1S/C19H24N2O3/c1-4-9-20-12(2)10-16(13(20)3)17(22)11-21-18(23)14-7-5-6-8-15(14)19(21)24/h5-6,10,14-15H,4,7-9,11H2,1-3H3/t14-,15+. The number of fused-ring (bicyclic) bond motifs is 1. The zero-order chi connectivity index (χ0) is 17.4. The van der Waals surface area contributed by atoms with Crippen LogP contribution in [0, 0.1) is 25.7 Å². The molecule has 1 aliphatic carbocycles. The van der Waals surface area contributed by atoms with Crippen molar-refractivity contribution in [1.29, 1.82) is 0 Å². The molecule has 5 nitrogen and oxygen atoms in total. The highest BCUT2D eigenvalue weighted by Gasteiger charge is 2.47. The van der Waals surface area contributed by atoms with Crippen LogP contribution in [0.5, 0.6) is 0 Å². The van der Waals surface area contributed by atoms with Gasteiger partial charge in [-0.25, -0.2) is 0 Å². The number of carbonyl (C=O) groups excluding carboxylic acids is 3. The quantitative estimate of drug-likeness (QED) is 0.474. The van der Waals surface area contributed by atoms with Crippen molar-refractivity contribution >= 4 is 17.6 Å². The Bertz CT molecular complexity index is 703. The molecule has 2 aliphatic rings. The van der Waals surface area contributed by atoms with Gasteiger partial charge in [-0.1, -0.05) is 19.1 Å².